The third-order valence-electron chi connectivity index (χ3n) is 5.08. The van der Waals surface area contributed by atoms with Crippen molar-refractivity contribution < 1.29 is 9.47 Å². The Bertz CT molecular complexity index is 623. The number of rotatable bonds is 12. The standard InChI is InChI=1S/C26H39NO2/c1-3-5-12-24(25-14-16-26(17-15-25)29-21-4-2)13-10-22-28-23-11-20-27-18-8-6-7-9-19-27/h5,10,12-17,22H,3-4,6-9,11,18-21,23H2,1-2H3/b12-5-,22-10+,24-13+. The van der Waals surface area contributed by atoms with E-state index in [4.69, 9.17) is 9.47 Å². The van der Waals surface area contributed by atoms with Crippen molar-refractivity contribution in [3.63, 3.8) is 0 Å². The summed E-state index contributed by atoms with van der Waals surface area (Å²) < 4.78 is 11.4. The molecular weight excluding hydrogens is 358 g/mol. The van der Waals surface area contributed by atoms with Crippen LogP contribution in [-0.2, 0) is 4.74 Å². The Kier molecular flexibility index (Phi) is 12.0. The van der Waals surface area contributed by atoms with Gasteiger partial charge < -0.3 is 14.4 Å². The second-order valence-electron chi connectivity index (χ2n) is 7.61. The molecule has 1 fully saturated rings. The molecule has 3 heteroatoms. The Morgan fingerprint density at radius 1 is 1.00 bits per heavy atom. The largest absolute Gasteiger partial charge is 0.501 e. The SMILES string of the molecule is CC\C=C/C(=C\C=C\OCCCN1CCCCCC1)c1ccc(OCCC)cc1. The highest BCUT2D eigenvalue weighted by Crippen LogP contribution is 2.20. The second-order valence-corrected chi connectivity index (χ2v) is 7.61. The third-order valence-corrected chi connectivity index (χ3v) is 5.08. The second kappa shape index (κ2) is 14.9. The molecule has 1 saturated heterocycles. The number of benzene rings is 1. The monoisotopic (exact) mass is 397 g/mol. The van der Waals surface area contributed by atoms with Crippen molar-refractivity contribution in [1.29, 1.82) is 0 Å². The minimum Gasteiger partial charge on any atom is -0.501 e. The van der Waals surface area contributed by atoms with Crippen LogP contribution in [0.2, 0.25) is 0 Å². The molecule has 0 aliphatic carbocycles. The van der Waals surface area contributed by atoms with Crippen LogP contribution >= 0.6 is 0 Å². The van der Waals surface area contributed by atoms with E-state index in [0.717, 1.165) is 44.8 Å². The smallest absolute Gasteiger partial charge is 0.119 e. The molecule has 0 aromatic heterocycles. The fourth-order valence-corrected chi connectivity index (χ4v) is 3.45. The summed E-state index contributed by atoms with van der Waals surface area (Å²) in [7, 11) is 0. The molecule has 0 atom stereocenters. The fraction of sp³-hybridized carbons (Fsp3) is 0.538. The molecule has 0 saturated carbocycles. The first-order valence-electron chi connectivity index (χ1n) is 11.4. The molecule has 0 unspecified atom stereocenters. The summed E-state index contributed by atoms with van der Waals surface area (Å²) >= 11 is 0. The van der Waals surface area contributed by atoms with E-state index in [1.165, 1.54) is 49.9 Å². The summed E-state index contributed by atoms with van der Waals surface area (Å²) in [6.07, 6.45) is 18.9. The number of likely N-dealkylation sites (tertiary alicyclic amines) is 1. The van der Waals surface area contributed by atoms with E-state index >= 15 is 0 Å². The molecule has 2 rings (SSSR count). The molecule has 0 amide bonds. The minimum absolute atomic E-state index is 0.760. The van der Waals surface area contributed by atoms with Gasteiger partial charge in [-0.1, -0.05) is 57.0 Å². The van der Waals surface area contributed by atoms with E-state index in [2.05, 4.69) is 49.1 Å². The normalized spacial score (nSPS) is 16.4. The minimum atomic E-state index is 0.760. The van der Waals surface area contributed by atoms with Crippen LogP contribution in [0, 0.1) is 0 Å². The summed E-state index contributed by atoms with van der Waals surface area (Å²) in [5.41, 5.74) is 2.36. The molecule has 0 spiro atoms. The van der Waals surface area contributed by atoms with Crippen molar-refractivity contribution in [1.82, 2.24) is 4.90 Å². The first kappa shape index (κ1) is 23.3. The van der Waals surface area contributed by atoms with Gasteiger partial charge in [0.1, 0.15) is 5.75 Å². The van der Waals surface area contributed by atoms with Gasteiger partial charge in [0.2, 0.25) is 0 Å². The van der Waals surface area contributed by atoms with Crippen molar-refractivity contribution >= 4 is 5.57 Å². The van der Waals surface area contributed by atoms with Crippen LogP contribution in [0.4, 0.5) is 0 Å². The Hall–Kier alpha value is -2.00. The molecule has 1 aromatic carbocycles. The van der Waals surface area contributed by atoms with Crippen molar-refractivity contribution in [2.45, 2.75) is 58.8 Å². The Balaban J connectivity index is 1.80. The van der Waals surface area contributed by atoms with Gasteiger partial charge in [0.15, 0.2) is 0 Å². The van der Waals surface area contributed by atoms with E-state index in [0.29, 0.717) is 0 Å². The zero-order valence-electron chi connectivity index (χ0n) is 18.4. The van der Waals surface area contributed by atoms with Crippen molar-refractivity contribution in [2.75, 3.05) is 32.8 Å². The number of hydrogen-bond acceptors (Lipinski definition) is 3. The average molecular weight is 398 g/mol. The lowest BCUT2D eigenvalue weighted by Gasteiger charge is -2.19. The average Bonchev–Trinajstić information content (AvgIpc) is 3.03. The molecule has 1 heterocycles. The number of nitrogens with zero attached hydrogens (tertiary/aromatic N) is 1. The van der Waals surface area contributed by atoms with Gasteiger partial charge in [-0.05, 0) is 74.5 Å². The maximum Gasteiger partial charge on any atom is 0.119 e. The summed E-state index contributed by atoms with van der Waals surface area (Å²) in [4.78, 5) is 2.58. The maximum atomic E-state index is 5.71. The number of ether oxygens (including phenoxy) is 2. The van der Waals surface area contributed by atoms with Crippen LogP contribution in [0.3, 0.4) is 0 Å². The van der Waals surface area contributed by atoms with Gasteiger partial charge >= 0.3 is 0 Å². The van der Waals surface area contributed by atoms with Gasteiger partial charge in [-0.3, -0.25) is 0 Å². The van der Waals surface area contributed by atoms with E-state index in [1.807, 2.05) is 24.5 Å². The lowest BCUT2D eigenvalue weighted by atomic mass is 10.0. The molecule has 3 nitrogen and oxygen atoms in total. The van der Waals surface area contributed by atoms with Crippen LogP contribution in [0.5, 0.6) is 5.75 Å². The van der Waals surface area contributed by atoms with E-state index in [1.54, 1.807) is 0 Å². The predicted octanol–water partition coefficient (Wildman–Crippen LogP) is 6.62. The van der Waals surface area contributed by atoms with Crippen LogP contribution in [-0.4, -0.2) is 37.7 Å². The lowest BCUT2D eigenvalue weighted by molar-refractivity contribution is 0.207. The maximum absolute atomic E-state index is 5.71. The fourth-order valence-electron chi connectivity index (χ4n) is 3.45. The lowest BCUT2D eigenvalue weighted by Crippen LogP contribution is -2.26. The number of hydrogen-bond donors (Lipinski definition) is 0. The predicted molar refractivity (Wildman–Crippen MR) is 124 cm³/mol. The van der Waals surface area contributed by atoms with Crippen LogP contribution in [0.25, 0.3) is 5.57 Å². The molecular formula is C26H39NO2. The van der Waals surface area contributed by atoms with Crippen LogP contribution in [0.1, 0.15) is 64.4 Å². The van der Waals surface area contributed by atoms with E-state index in [9.17, 15) is 0 Å². The Labute approximate surface area is 178 Å². The van der Waals surface area contributed by atoms with Crippen molar-refractivity contribution in [3.05, 3.63) is 60.4 Å². The van der Waals surface area contributed by atoms with Crippen LogP contribution < -0.4 is 4.74 Å². The van der Waals surface area contributed by atoms with Gasteiger partial charge in [0.05, 0.1) is 19.5 Å². The van der Waals surface area contributed by atoms with E-state index in [-0.39, 0.29) is 0 Å². The molecule has 0 N–H and O–H groups in total. The Morgan fingerprint density at radius 2 is 1.76 bits per heavy atom. The molecule has 1 aliphatic rings. The molecule has 0 bridgehead atoms. The summed E-state index contributed by atoms with van der Waals surface area (Å²) in [6.45, 7) is 9.48. The topological polar surface area (TPSA) is 21.7 Å². The highest BCUT2D eigenvalue weighted by molar-refractivity contribution is 5.75. The molecule has 160 valence electrons. The first-order chi connectivity index (χ1) is 14.3. The molecule has 0 radical (unpaired) electrons. The van der Waals surface area contributed by atoms with Gasteiger partial charge in [0.25, 0.3) is 0 Å². The summed E-state index contributed by atoms with van der Waals surface area (Å²) in [5.74, 6) is 0.928. The van der Waals surface area contributed by atoms with Gasteiger partial charge in [-0.15, -0.1) is 0 Å². The quantitative estimate of drug-likeness (QED) is 0.225. The molecule has 1 aromatic rings. The first-order valence-corrected chi connectivity index (χ1v) is 11.4. The third kappa shape index (κ3) is 9.85. The van der Waals surface area contributed by atoms with Crippen molar-refractivity contribution in [3.8, 4) is 5.75 Å². The molecule has 1 aliphatic heterocycles. The van der Waals surface area contributed by atoms with Gasteiger partial charge in [-0.2, -0.15) is 0 Å². The summed E-state index contributed by atoms with van der Waals surface area (Å²) in [6, 6.07) is 8.32. The van der Waals surface area contributed by atoms with Crippen LogP contribution in [0.15, 0.2) is 54.8 Å². The Morgan fingerprint density at radius 3 is 2.45 bits per heavy atom. The van der Waals surface area contributed by atoms with Gasteiger partial charge in [0, 0.05) is 6.54 Å². The highest BCUT2D eigenvalue weighted by atomic mass is 16.5. The highest BCUT2D eigenvalue weighted by Gasteiger charge is 2.07. The zero-order valence-corrected chi connectivity index (χ0v) is 18.4. The van der Waals surface area contributed by atoms with Gasteiger partial charge in [-0.25, -0.2) is 0 Å². The number of allylic oxidation sites excluding steroid dienone is 5. The zero-order chi connectivity index (χ0) is 20.6. The van der Waals surface area contributed by atoms with Crippen molar-refractivity contribution in [2.24, 2.45) is 0 Å². The molecule has 29 heavy (non-hydrogen) atoms. The van der Waals surface area contributed by atoms with E-state index < -0.39 is 0 Å². The summed E-state index contributed by atoms with van der Waals surface area (Å²) in [5, 5.41) is 0.